The number of likely N-dealkylation sites (tertiary alicyclic amines) is 1. The SMILES string of the molecule is CC(C)OCC12CCCOC1CCN(Cc1cnn(C)c1)C2. The molecule has 0 N–H and O–H groups in total. The van der Waals surface area contributed by atoms with Crippen LogP contribution in [-0.2, 0) is 23.1 Å². The van der Waals surface area contributed by atoms with Crippen molar-refractivity contribution in [1.82, 2.24) is 14.7 Å². The number of hydrogen-bond donors (Lipinski definition) is 0. The average molecular weight is 307 g/mol. The number of aryl methyl sites for hydroxylation is 1. The molecule has 1 aromatic heterocycles. The fraction of sp³-hybridized carbons (Fsp3) is 0.824. The minimum Gasteiger partial charge on any atom is -0.378 e. The molecule has 124 valence electrons. The van der Waals surface area contributed by atoms with Crippen LogP contribution in [-0.4, -0.2) is 53.2 Å². The van der Waals surface area contributed by atoms with Gasteiger partial charge in [0.15, 0.2) is 0 Å². The van der Waals surface area contributed by atoms with Crippen LogP contribution in [0.25, 0.3) is 0 Å². The number of fused-ring (bicyclic) bond motifs is 1. The van der Waals surface area contributed by atoms with Gasteiger partial charge in [-0.1, -0.05) is 0 Å². The molecule has 0 aliphatic carbocycles. The van der Waals surface area contributed by atoms with Gasteiger partial charge in [-0.05, 0) is 33.1 Å². The summed E-state index contributed by atoms with van der Waals surface area (Å²) in [6, 6.07) is 0. The third-order valence-electron chi connectivity index (χ3n) is 4.94. The Morgan fingerprint density at radius 1 is 1.50 bits per heavy atom. The second-order valence-electron chi connectivity index (χ2n) is 7.21. The quantitative estimate of drug-likeness (QED) is 0.836. The lowest BCUT2D eigenvalue weighted by atomic mass is 9.73. The zero-order chi connectivity index (χ0) is 15.6. The molecule has 22 heavy (non-hydrogen) atoms. The molecule has 0 amide bonds. The van der Waals surface area contributed by atoms with E-state index in [1.807, 2.05) is 17.9 Å². The van der Waals surface area contributed by atoms with E-state index >= 15 is 0 Å². The Hall–Kier alpha value is -0.910. The highest BCUT2D eigenvalue weighted by atomic mass is 16.5. The van der Waals surface area contributed by atoms with E-state index in [0.717, 1.165) is 45.7 Å². The van der Waals surface area contributed by atoms with Crippen molar-refractivity contribution >= 4 is 0 Å². The number of rotatable bonds is 5. The van der Waals surface area contributed by atoms with Gasteiger partial charge < -0.3 is 9.47 Å². The maximum atomic E-state index is 6.10. The Kier molecular flexibility index (Phi) is 4.85. The summed E-state index contributed by atoms with van der Waals surface area (Å²) in [5.41, 5.74) is 1.46. The molecule has 2 aliphatic heterocycles. The van der Waals surface area contributed by atoms with E-state index in [4.69, 9.17) is 9.47 Å². The predicted octanol–water partition coefficient (Wildman–Crippen LogP) is 2.22. The van der Waals surface area contributed by atoms with E-state index in [1.165, 1.54) is 12.0 Å². The Labute approximate surface area is 133 Å². The van der Waals surface area contributed by atoms with Crippen LogP contribution >= 0.6 is 0 Å². The van der Waals surface area contributed by atoms with Gasteiger partial charge in [-0.2, -0.15) is 5.10 Å². The summed E-state index contributed by atoms with van der Waals surface area (Å²) in [5.74, 6) is 0. The predicted molar refractivity (Wildman–Crippen MR) is 85.6 cm³/mol. The second-order valence-corrected chi connectivity index (χ2v) is 7.21. The first-order valence-electron chi connectivity index (χ1n) is 8.50. The monoisotopic (exact) mass is 307 g/mol. The van der Waals surface area contributed by atoms with Gasteiger partial charge in [-0.15, -0.1) is 0 Å². The number of ether oxygens (including phenoxy) is 2. The first-order valence-corrected chi connectivity index (χ1v) is 8.50. The highest BCUT2D eigenvalue weighted by Crippen LogP contribution is 2.41. The van der Waals surface area contributed by atoms with Crippen molar-refractivity contribution in [3.8, 4) is 0 Å². The number of piperidine rings is 1. The van der Waals surface area contributed by atoms with Crippen LogP contribution in [0.3, 0.4) is 0 Å². The smallest absolute Gasteiger partial charge is 0.0677 e. The summed E-state index contributed by atoms with van der Waals surface area (Å²) in [4.78, 5) is 2.55. The number of nitrogens with zero attached hydrogens (tertiary/aromatic N) is 3. The molecule has 2 fully saturated rings. The van der Waals surface area contributed by atoms with E-state index in [1.54, 1.807) is 0 Å². The summed E-state index contributed by atoms with van der Waals surface area (Å²) in [5, 5.41) is 4.28. The van der Waals surface area contributed by atoms with Gasteiger partial charge in [0.1, 0.15) is 0 Å². The zero-order valence-corrected chi connectivity index (χ0v) is 14.1. The van der Waals surface area contributed by atoms with Crippen molar-refractivity contribution in [2.24, 2.45) is 12.5 Å². The van der Waals surface area contributed by atoms with Crippen molar-refractivity contribution in [2.45, 2.75) is 51.9 Å². The molecule has 2 unspecified atom stereocenters. The van der Waals surface area contributed by atoms with Crippen LogP contribution in [0.1, 0.15) is 38.7 Å². The molecule has 5 nitrogen and oxygen atoms in total. The lowest BCUT2D eigenvalue weighted by molar-refractivity contribution is -0.159. The van der Waals surface area contributed by atoms with E-state index in [2.05, 4.69) is 30.0 Å². The fourth-order valence-corrected chi connectivity index (χ4v) is 3.87. The van der Waals surface area contributed by atoms with Crippen LogP contribution in [0.2, 0.25) is 0 Å². The Bertz CT molecular complexity index is 488. The summed E-state index contributed by atoms with van der Waals surface area (Å²) in [6.45, 7) is 9.11. The molecule has 3 heterocycles. The first kappa shape index (κ1) is 16.0. The molecule has 5 heteroatoms. The van der Waals surface area contributed by atoms with Crippen LogP contribution < -0.4 is 0 Å². The number of hydrogen-bond acceptors (Lipinski definition) is 4. The largest absolute Gasteiger partial charge is 0.378 e. The molecule has 0 spiro atoms. The molecule has 0 saturated carbocycles. The summed E-state index contributed by atoms with van der Waals surface area (Å²) >= 11 is 0. The maximum absolute atomic E-state index is 6.10. The van der Waals surface area contributed by atoms with Crippen LogP contribution in [0.5, 0.6) is 0 Å². The van der Waals surface area contributed by atoms with E-state index in [9.17, 15) is 0 Å². The topological polar surface area (TPSA) is 39.5 Å². The maximum Gasteiger partial charge on any atom is 0.0677 e. The molecule has 2 saturated heterocycles. The number of aromatic nitrogens is 2. The lowest BCUT2D eigenvalue weighted by Crippen LogP contribution is -2.56. The fourth-order valence-electron chi connectivity index (χ4n) is 3.87. The molecular weight excluding hydrogens is 278 g/mol. The normalized spacial score (nSPS) is 29.7. The minimum atomic E-state index is 0.170. The van der Waals surface area contributed by atoms with Crippen molar-refractivity contribution in [2.75, 3.05) is 26.3 Å². The summed E-state index contributed by atoms with van der Waals surface area (Å²) < 4.78 is 14.0. The van der Waals surface area contributed by atoms with Gasteiger partial charge in [-0.3, -0.25) is 9.58 Å². The van der Waals surface area contributed by atoms with E-state index in [0.29, 0.717) is 6.10 Å². The van der Waals surface area contributed by atoms with Gasteiger partial charge in [0.25, 0.3) is 0 Å². The zero-order valence-electron chi connectivity index (χ0n) is 14.1. The van der Waals surface area contributed by atoms with Gasteiger partial charge in [0.05, 0.1) is 25.0 Å². The highest BCUT2D eigenvalue weighted by Gasteiger charge is 2.46. The van der Waals surface area contributed by atoms with Gasteiger partial charge in [0.2, 0.25) is 0 Å². The first-order chi connectivity index (χ1) is 10.6. The standard InChI is InChI=1S/C17H29N3O2/c1-14(2)22-13-17-6-4-8-21-16(17)5-7-20(12-17)11-15-9-18-19(3)10-15/h9-10,14,16H,4-8,11-13H2,1-3H3. The van der Waals surface area contributed by atoms with Crippen LogP contribution in [0.15, 0.2) is 12.4 Å². The average Bonchev–Trinajstić information content (AvgIpc) is 2.90. The summed E-state index contributed by atoms with van der Waals surface area (Å²) in [6.07, 6.45) is 8.21. The Balaban J connectivity index is 1.68. The van der Waals surface area contributed by atoms with Crippen molar-refractivity contribution < 1.29 is 9.47 Å². The molecule has 0 bridgehead atoms. The second kappa shape index (κ2) is 6.69. The van der Waals surface area contributed by atoms with Crippen molar-refractivity contribution in [1.29, 1.82) is 0 Å². The summed E-state index contributed by atoms with van der Waals surface area (Å²) in [7, 11) is 1.97. The molecule has 3 rings (SSSR count). The van der Waals surface area contributed by atoms with Gasteiger partial charge in [-0.25, -0.2) is 0 Å². The third-order valence-corrected chi connectivity index (χ3v) is 4.94. The third kappa shape index (κ3) is 3.53. The highest BCUT2D eigenvalue weighted by molar-refractivity contribution is 5.05. The molecule has 0 aromatic carbocycles. The molecular formula is C17H29N3O2. The lowest BCUT2D eigenvalue weighted by Gasteiger charge is -2.50. The molecule has 2 aliphatic rings. The Morgan fingerprint density at radius 3 is 3.09 bits per heavy atom. The van der Waals surface area contributed by atoms with Gasteiger partial charge in [0, 0.05) is 50.5 Å². The van der Waals surface area contributed by atoms with Gasteiger partial charge >= 0.3 is 0 Å². The van der Waals surface area contributed by atoms with E-state index in [-0.39, 0.29) is 11.5 Å². The van der Waals surface area contributed by atoms with Crippen molar-refractivity contribution in [3.05, 3.63) is 18.0 Å². The van der Waals surface area contributed by atoms with Crippen LogP contribution in [0, 0.1) is 5.41 Å². The molecule has 0 radical (unpaired) electrons. The molecule has 2 atom stereocenters. The van der Waals surface area contributed by atoms with Crippen molar-refractivity contribution in [3.63, 3.8) is 0 Å². The Morgan fingerprint density at radius 2 is 2.36 bits per heavy atom. The minimum absolute atomic E-state index is 0.170. The van der Waals surface area contributed by atoms with Crippen LogP contribution in [0.4, 0.5) is 0 Å². The van der Waals surface area contributed by atoms with E-state index < -0.39 is 0 Å². The molecule has 1 aromatic rings.